The fraction of sp³-hybridized carbons (Fsp3) is 0.889. The predicted molar refractivity (Wildman–Crippen MR) is 47.7 cm³/mol. The lowest BCUT2D eigenvalue weighted by molar-refractivity contribution is 0.682. The van der Waals surface area contributed by atoms with Crippen molar-refractivity contribution in [1.29, 1.82) is 0 Å². The molecule has 0 fully saturated rings. The number of rotatable bonds is 3. The first-order valence-corrected chi connectivity index (χ1v) is 4.10. The lowest BCUT2D eigenvalue weighted by atomic mass is 9.94. The second kappa shape index (κ2) is 4.48. The fourth-order valence-electron chi connectivity index (χ4n) is 1.26. The molecule has 0 aliphatic carbocycles. The minimum Gasteiger partial charge on any atom is -0.297 e. The molecule has 0 N–H and O–H groups in total. The molecule has 0 aliphatic rings. The second-order valence-electron chi connectivity index (χ2n) is 3.11. The number of hydrogen-bond donors (Lipinski definition) is 0. The van der Waals surface area contributed by atoms with Crippen molar-refractivity contribution in [2.24, 2.45) is 16.8 Å². The summed E-state index contributed by atoms with van der Waals surface area (Å²) in [6, 6.07) is 0. The van der Waals surface area contributed by atoms with Gasteiger partial charge in [0, 0.05) is 12.8 Å². The molecule has 1 heteroatoms. The molecule has 0 aromatic heterocycles. The van der Waals surface area contributed by atoms with Crippen LogP contribution in [0.3, 0.4) is 0 Å². The van der Waals surface area contributed by atoms with Crippen LogP contribution in [0.25, 0.3) is 0 Å². The van der Waals surface area contributed by atoms with Crippen LogP contribution >= 0.6 is 0 Å². The van der Waals surface area contributed by atoms with Gasteiger partial charge in [-0.1, -0.05) is 27.7 Å². The van der Waals surface area contributed by atoms with E-state index in [0.29, 0.717) is 11.8 Å². The highest BCUT2D eigenvalue weighted by Crippen LogP contribution is 2.11. The first-order valence-electron chi connectivity index (χ1n) is 4.10. The zero-order valence-corrected chi connectivity index (χ0v) is 7.81. The van der Waals surface area contributed by atoms with E-state index < -0.39 is 0 Å². The lowest BCUT2D eigenvalue weighted by Gasteiger charge is -2.15. The average Bonchev–Trinajstić information content (AvgIpc) is 1.88. The molecule has 1 unspecified atom stereocenters. The molecular formula is C9H19N. The van der Waals surface area contributed by atoms with Crippen LogP contribution in [0.1, 0.15) is 34.1 Å². The molecule has 1 atom stereocenters. The molecule has 0 radical (unpaired) electrons. The number of nitrogens with zero attached hydrogens (tertiary/aromatic N) is 1. The SMILES string of the molecule is CCC(C)/C(=N\C)C(C)C. The van der Waals surface area contributed by atoms with Crippen LogP contribution in [0.5, 0.6) is 0 Å². The maximum absolute atomic E-state index is 4.27. The molecule has 0 aromatic carbocycles. The van der Waals surface area contributed by atoms with E-state index in [0.717, 1.165) is 0 Å². The van der Waals surface area contributed by atoms with Crippen LogP contribution in [0.15, 0.2) is 4.99 Å². The van der Waals surface area contributed by atoms with Crippen molar-refractivity contribution in [3.8, 4) is 0 Å². The Morgan fingerprint density at radius 2 is 1.80 bits per heavy atom. The normalized spacial score (nSPS) is 16.0. The van der Waals surface area contributed by atoms with Gasteiger partial charge in [-0.3, -0.25) is 4.99 Å². The summed E-state index contributed by atoms with van der Waals surface area (Å²) in [5.74, 6) is 1.27. The van der Waals surface area contributed by atoms with Crippen LogP contribution in [-0.2, 0) is 0 Å². The number of aliphatic imine (C=N–C) groups is 1. The van der Waals surface area contributed by atoms with Crippen LogP contribution in [-0.4, -0.2) is 12.8 Å². The van der Waals surface area contributed by atoms with E-state index in [2.05, 4.69) is 32.7 Å². The third kappa shape index (κ3) is 2.51. The van der Waals surface area contributed by atoms with Crippen molar-refractivity contribution in [1.82, 2.24) is 0 Å². The Bertz CT molecular complexity index is 114. The minimum absolute atomic E-state index is 0.611. The van der Waals surface area contributed by atoms with Crippen molar-refractivity contribution >= 4 is 5.71 Å². The maximum atomic E-state index is 4.27. The molecule has 0 bridgehead atoms. The Kier molecular flexibility index (Phi) is 4.33. The van der Waals surface area contributed by atoms with Gasteiger partial charge in [0.15, 0.2) is 0 Å². The molecule has 0 amide bonds. The van der Waals surface area contributed by atoms with Crippen LogP contribution < -0.4 is 0 Å². The highest BCUT2D eigenvalue weighted by atomic mass is 14.7. The van der Waals surface area contributed by atoms with Gasteiger partial charge in [0.25, 0.3) is 0 Å². The first-order chi connectivity index (χ1) is 4.63. The zero-order valence-electron chi connectivity index (χ0n) is 7.81. The summed E-state index contributed by atoms with van der Waals surface area (Å²) >= 11 is 0. The molecule has 0 saturated heterocycles. The van der Waals surface area contributed by atoms with Crippen molar-refractivity contribution < 1.29 is 0 Å². The first kappa shape index (κ1) is 9.67. The molecule has 60 valence electrons. The van der Waals surface area contributed by atoms with Crippen molar-refractivity contribution in [3.63, 3.8) is 0 Å². The highest BCUT2D eigenvalue weighted by molar-refractivity contribution is 5.88. The minimum atomic E-state index is 0.611. The fourth-order valence-corrected chi connectivity index (χ4v) is 1.26. The van der Waals surface area contributed by atoms with Gasteiger partial charge in [-0.05, 0) is 18.3 Å². The Morgan fingerprint density at radius 3 is 1.90 bits per heavy atom. The summed E-state index contributed by atoms with van der Waals surface area (Å²) in [5.41, 5.74) is 1.35. The molecular weight excluding hydrogens is 122 g/mol. The van der Waals surface area contributed by atoms with E-state index >= 15 is 0 Å². The van der Waals surface area contributed by atoms with Gasteiger partial charge in [0.2, 0.25) is 0 Å². The van der Waals surface area contributed by atoms with E-state index in [-0.39, 0.29) is 0 Å². The van der Waals surface area contributed by atoms with E-state index in [1.165, 1.54) is 12.1 Å². The summed E-state index contributed by atoms with van der Waals surface area (Å²) in [4.78, 5) is 4.27. The summed E-state index contributed by atoms with van der Waals surface area (Å²) < 4.78 is 0. The smallest absolute Gasteiger partial charge is 0.0276 e. The molecule has 0 spiro atoms. The van der Waals surface area contributed by atoms with Gasteiger partial charge in [-0.25, -0.2) is 0 Å². The van der Waals surface area contributed by atoms with Crippen LogP contribution in [0, 0.1) is 11.8 Å². The monoisotopic (exact) mass is 141 g/mol. The Balaban J connectivity index is 4.08. The third-order valence-electron chi connectivity index (χ3n) is 1.97. The molecule has 1 nitrogen and oxygen atoms in total. The second-order valence-corrected chi connectivity index (χ2v) is 3.11. The average molecular weight is 141 g/mol. The number of hydrogen-bond acceptors (Lipinski definition) is 1. The quantitative estimate of drug-likeness (QED) is 0.536. The molecule has 0 aromatic rings. The van der Waals surface area contributed by atoms with Crippen molar-refractivity contribution in [3.05, 3.63) is 0 Å². The van der Waals surface area contributed by atoms with Gasteiger partial charge in [-0.15, -0.1) is 0 Å². The Morgan fingerprint density at radius 1 is 1.30 bits per heavy atom. The predicted octanol–water partition coefficient (Wildman–Crippen LogP) is 2.76. The Hall–Kier alpha value is -0.330. The molecule has 0 saturated carbocycles. The topological polar surface area (TPSA) is 12.4 Å². The van der Waals surface area contributed by atoms with Gasteiger partial charge in [-0.2, -0.15) is 0 Å². The summed E-state index contributed by atoms with van der Waals surface area (Å²) in [6.07, 6.45) is 1.20. The van der Waals surface area contributed by atoms with Crippen molar-refractivity contribution in [2.75, 3.05) is 7.05 Å². The van der Waals surface area contributed by atoms with Gasteiger partial charge in [0.05, 0.1) is 0 Å². The molecule has 0 heterocycles. The standard InChI is InChI=1S/C9H19N/c1-6-8(4)9(10-5)7(2)3/h7-8H,6H2,1-5H3/b10-9-. The largest absolute Gasteiger partial charge is 0.297 e. The van der Waals surface area contributed by atoms with Gasteiger partial charge in [0.1, 0.15) is 0 Å². The maximum Gasteiger partial charge on any atom is 0.0276 e. The van der Waals surface area contributed by atoms with Crippen LogP contribution in [0.2, 0.25) is 0 Å². The van der Waals surface area contributed by atoms with Gasteiger partial charge < -0.3 is 0 Å². The summed E-state index contributed by atoms with van der Waals surface area (Å²) in [6.45, 7) is 8.85. The highest BCUT2D eigenvalue weighted by Gasteiger charge is 2.10. The van der Waals surface area contributed by atoms with E-state index in [4.69, 9.17) is 0 Å². The van der Waals surface area contributed by atoms with Crippen LogP contribution in [0.4, 0.5) is 0 Å². The third-order valence-corrected chi connectivity index (χ3v) is 1.97. The van der Waals surface area contributed by atoms with E-state index in [1.807, 2.05) is 7.05 Å². The zero-order chi connectivity index (χ0) is 8.15. The van der Waals surface area contributed by atoms with E-state index in [9.17, 15) is 0 Å². The lowest BCUT2D eigenvalue weighted by Crippen LogP contribution is -2.16. The molecule has 0 rings (SSSR count). The summed E-state index contributed by atoms with van der Waals surface area (Å²) in [7, 11) is 1.89. The van der Waals surface area contributed by atoms with Crippen molar-refractivity contribution in [2.45, 2.75) is 34.1 Å². The van der Waals surface area contributed by atoms with E-state index in [1.54, 1.807) is 0 Å². The molecule has 0 aliphatic heterocycles. The van der Waals surface area contributed by atoms with Gasteiger partial charge >= 0.3 is 0 Å². The summed E-state index contributed by atoms with van der Waals surface area (Å²) in [5, 5.41) is 0. The molecule has 10 heavy (non-hydrogen) atoms. The Labute approximate surface area is 64.6 Å².